The summed E-state index contributed by atoms with van der Waals surface area (Å²) in [6.07, 6.45) is -3.85. The lowest BCUT2D eigenvalue weighted by Crippen LogP contribution is -2.31. The van der Waals surface area contributed by atoms with Gasteiger partial charge < -0.3 is 5.32 Å². The van der Waals surface area contributed by atoms with E-state index in [1.165, 1.54) is 12.1 Å². The van der Waals surface area contributed by atoms with Crippen LogP contribution in [-0.2, 0) is 21.6 Å². The molecule has 174 valence electrons. The summed E-state index contributed by atoms with van der Waals surface area (Å²) in [5, 5.41) is 3.33. The van der Waals surface area contributed by atoms with Gasteiger partial charge in [-0.2, -0.15) is 13.2 Å². The Balaban J connectivity index is 1.61. The normalized spacial score (nSPS) is 17.7. The molecule has 1 atom stereocenters. The number of hydrogen-bond acceptors (Lipinski definition) is 3. The number of anilines is 2. The van der Waals surface area contributed by atoms with Crippen molar-refractivity contribution in [2.45, 2.75) is 49.7 Å². The standard InChI is InChI=1S/C25H25F3N2O2S/c1-16-7-10-20(11-8-16)33(31,32)30-19-6-4-5-17(13-19)23-15-24(2,3)21-14-18(25(26,27)28)9-12-22(21)29-23/h4-14,23,29-30H,15H2,1-3H3. The Hall–Kier alpha value is -3.00. The monoisotopic (exact) mass is 474 g/mol. The quantitative estimate of drug-likeness (QED) is 0.445. The van der Waals surface area contributed by atoms with Gasteiger partial charge in [-0.1, -0.05) is 43.7 Å². The van der Waals surface area contributed by atoms with Crippen LogP contribution in [0.25, 0.3) is 0 Å². The number of benzene rings is 3. The Morgan fingerprint density at radius 3 is 2.36 bits per heavy atom. The van der Waals surface area contributed by atoms with E-state index in [0.717, 1.165) is 17.2 Å². The van der Waals surface area contributed by atoms with Crippen molar-refractivity contribution in [3.05, 3.63) is 89.0 Å². The van der Waals surface area contributed by atoms with E-state index in [-0.39, 0.29) is 10.9 Å². The van der Waals surface area contributed by atoms with Gasteiger partial charge in [0.25, 0.3) is 10.0 Å². The molecule has 0 fully saturated rings. The van der Waals surface area contributed by atoms with Crippen molar-refractivity contribution in [3.8, 4) is 0 Å². The number of hydrogen-bond donors (Lipinski definition) is 2. The summed E-state index contributed by atoms with van der Waals surface area (Å²) < 4.78 is 67.7. The molecule has 4 nitrogen and oxygen atoms in total. The summed E-state index contributed by atoms with van der Waals surface area (Å²) in [4.78, 5) is 0.171. The highest BCUT2D eigenvalue weighted by Crippen LogP contribution is 2.46. The van der Waals surface area contributed by atoms with Crippen LogP contribution in [0.5, 0.6) is 0 Å². The van der Waals surface area contributed by atoms with Gasteiger partial charge in [0.2, 0.25) is 0 Å². The first kappa shape index (κ1) is 23.2. The van der Waals surface area contributed by atoms with E-state index in [4.69, 9.17) is 0 Å². The molecule has 1 heterocycles. The molecule has 2 N–H and O–H groups in total. The first-order chi connectivity index (χ1) is 15.3. The van der Waals surface area contributed by atoms with E-state index < -0.39 is 27.2 Å². The lowest BCUT2D eigenvalue weighted by atomic mass is 9.73. The molecule has 0 radical (unpaired) electrons. The number of nitrogens with one attached hydrogen (secondary N) is 2. The fourth-order valence-corrected chi connectivity index (χ4v) is 5.27. The molecular formula is C25H25F3N2O2S. The highest BCUT2D eigenvalue weighted by molar-refractivity contribution is 7.92. The van der Waals surface area contributed by atoms with Gasteiger partial charge in [0.1, 0.15) is 0 Å². The topological polar surface area (TPSA) is 58.2 Å². The van der Waals surface area contributed by atoms with Crippen LogP contribution >= 0.6 is 0 Å². The van der Waals surface area contributed by atoms with Crippen molar-refractivity contribution >= 4 is 21.4 Å². The molecule has 0 aliphatic carbocycles. The maximum atomic E-state index is 13.2. The fraction of sp³-hybridized carbons (Fsp3) is 0.280. The molecule has 33 heavy (non-hydrogen) atoms. The minimum absolute atomic E-state index is 0.171. The first-order valence-electron chi connectivity index (χ1n) is 10.5. The summed E-state index contributed by atoms with van der Waals surface area (Å²) in [5.74, 6) is 0. The van der Waals surface area contributed by atoms with Gasteiger partial charge in [-0.25, -0.2) is 8.42 Å². The van der Waals surface area contributed by atoms with E-state index in [9.17, 15) is 21.6 Å². The van der Waals surface area contributed by atoms with Crippen molar-refractivity contribution < 1.29 is 21.6 Å². The van der Waals surface area contributed by atoms with E-state index in [1.807, 2.05) is 26.8 Å². The molecule has 0 amide bonds. The zero-order chi connectivity index (χ0) is 24.0. The van der Waals surface area contributed by atoms with Gasteiger partial charge in [0, 0.05) is 11.4 Å². The first-order valence-corrected chi connectivity index (χ1v) is 12.0. The van der Waals surface area contributed by atoms with Gasteiger partial charge >= 0.3 is 6.18 Å². The van der Waals surface area contributed by atoms with E-state index in [2.05, 4.69) is 10.0 Å². The minimum Gasteiger partial charge on any atom is -0.378 e. The smallest absolute Gasteiger partial charge is 0.378 e. The molecule has 1 aliphatic rings. The highest BCUT2D eigenvalue weighted by Gasteiger charge is 2.37. The van der Waals surface area contributed by atoms with E-state index in [1.54, 1.807) is 42.5 Å². The van der Waals surface area contributed by atoms with Crippen LogP contribution in [0.1, 0.15) is 48.6 Å². The van der Waals surface area contributed by atoms with Crippen molar-refractivity contribution in [1.82, 2.24) is 0 Å². The third-order valence-corrected chi connectivity index (χ3v) is 7.39. The largest absolute Gasteiger partial charge is 0.416 e. The van der Waals surface area contributed by atoms with Crippen molar-refractivity contribution in [1.29, 1.82) is 0 Å². The van der Waals surface area contributed by atoms with Gasteiger partial charge in [-0.3, -0.25) is 4.72 Å². The summed E-state index contributed by atoms with van der Waals surface area (Å²) >= 11 is 0. The molecule has 0 saturated heterocycles. The number of halogens is 3. The number of alkyl halides is 3. The average Bonchev–Trinajstić information content (AvgIpc) is 2.72. The molecule has 0 bridgehead atoms. The number of fused-ring (bicyclic) bond motifs is 1. The number of sulfonamides is 1. The highest BCUT2D eigenvalue weighted by atomic mass is 32.2. The Morgan fingerprint density at radius 1 is 1.00 bits per heavy atom. The third kappa shape index (κ3) is 4.85. The van der Waals surface area contributed by atoms with Crippen LogP contribution in [0.4, 0.5) is 24.5 Å². The van der Waals surface area contributed by atoms with E-state index in [0.29, 0.717) is 23.4 Å². The van der Waals surface area contributed by atoms with Crippen molar-refractivity contribution in [2.75, 3.05) is 10.0 Å². The molecule has 8 heteroatoms. The summed E-state index contributed by atoms with van der Waals surface area (Å²) in [6, 6.07) is 17.2. The Kier molecular flexibility index (Phi) is 5.68. The second-order valence-electron chi connectivity index (χ2n) is 9.09. The zero-order valence-corrected chi connectivity index (χ0v) is 19.3. The second kappa shape index (κ2) is 8.09. The van der Waals surface area contributed by atoms with Gasteiger partial charge in [-0.15, -0.1) is 0 Å². The molecule has 3 aromatic rings. The maximum Gasteiger partial charge on any atom is 0.416 e. The van der Waals surface area contributed by atoms with Gasteiger partial charge in [0.15, 0.2) is 0 Å². The SMILES string of the molecule is Cc1ccc(S(=O)(=O)Nc2cccc(C3CC(C)(C)c4cc(C(F)(F)F)ccc4N3)c2)cc1. The predicted octanol–water partition coefficient (Wildman–Crippen LogP) is 6.65. The summed E-state index contributed by atoms with van der Waals surface area (Å²) in [7, 11) is -3.74. The fourth-order valence-electron chi connectivity index (χ4n) is 4.22. The average molecular weight is 475 g/mol. The molecular weight excluding hydrogens is 449 g/mol. The third-order valence-electron chi connectivity index (χ3n) is 5.99. The lowest BCUT2D eigenvalue weighted by molar-refractivity contribution is -0.137. The molecule has 1 unspecified atom stereocenters. The number of rotatable bonds is 4. The molecule has 0 saturated carbocycles. The van der Waals surface area contributed by atoms with Crippen molar-refractivity contribution in [2.24, 2.45) is 0 Å². The van der Waals surface area contributed by atoms with Crippen molar-refractivity contribution in [3.63, 3.8) is 0 Å². The van der Waals surface area contributed by atoms with E-state index >= 15 is 0 Å². The predicted molar refractivity (Wildman–Crippen MR) is 124 cm³/mol. The van der Waals surface area contributed by atoms with Crippen LogP contribution in [0.3, 0.4) is 0 Å². The summed E-state index contributed by atoms with van der Waals surface area (Å²) in [6.45, 7) is 5.72. The molecule has 3 aromatic carbocycles. The summed E-state index contributed by atoms with van der Waals surface area (Å²) in [5.41, 5.74) is 2.32. The molecule has 0 spiro atoms. The Bertz CT molecular complexity index is 1280. The molecule has 0 aromatic heterocycles. The lowest BCUT2D eigenvalue weighted by Gasteiger charge is -2.39. The second-order valence-corrected chi connectivity index (χ2v) is 10.8. The van der Waals surface area contributed by atoms with Crippen LogP contribution < -0.4 is 10.0 Å². The van der Waals surface area contributed by atoms with Gasteiger partial charge in [0.05, 0.1) is 16.5 Å². The minimum atomic E-state index is -4.40. The maximum absolute atomic E-state index is 13.2. The Labute approximate surface area is 191 Å². The Morgan fingerprint density at radius 2 is 1.70 bits per heavy atom. The van der Waals surface area contributed by atoms with Crippen LogP contribution in [-0.4, -0.2) is 8.42 Å². The zero-order valence-electron chi connectivity index (χ0n) is 18.5. The van der Waals surface area contributed by atoms with Crippen LogP contribution in [0.2, 0.25) is 0 Å². The van der Waals surface area contributed by atoms with Crippen LogP contribution in [0, 0.1) is 6.92 Å². The molecule has 1 aliphatic heterocycles. The molecule has 4 rings (SSSR count). The number of aryl methyl sites for hydroxylation is 1. The van der Waals surface area contributed by atoms with Gasteiger partial charge in [-0.05, 0) is 72.4 Å². The van der Waals surface area contributed by atoms with Crippen LogP contribution in [0.15, 0.2) is 71.6 Å².